The van der Waals surface area contributed by atoms with Gasteiger partial charge < -0.3 is 20.2 Å². The maximum atomic E-state index is 13.2. The SMILES string of the molecule is CN1CCc2[nH]nc(C(=O)N3CC4(CCNCC4)C[C@H]3C(=O)O)c2C1. The summed E-state index contributed by atoms with van der Waals surface area (Å²) in [5.74, 6) is -1.15. The Morgan fingerprint density at radius 2 is 2.08 bits per heavy atom. The van der Waals surface area contributed by atoms with Crippen LogP contribution in [0.2, 0.25) is 0 Å². The van der Waals surface area contributed by atoms with Gasteiger partial charge in [0.05, 0.1) is 0 Å². The van der Waals surface area contributed by atoms with E-state index in [4.69, 9.17) is 0 Å². The van der Waals surface area contributed by atoms with Crippen LogP contribution in [0.4, 0.5) is 0 Å². The first-order valence-electron chi connectivity index (χ1n) is 8.98. The van der Waals surface area contributed by atoms with Crippen LogP contribution in [0.25, 0.3) is 0 Å². The van der Waals surface area contributed by atoms with Crippen LogP contribution in [0.5, 0.6) is 0 Å². The van der Waals surface area contributed by atoms with Crippen LogP contribution in [0.15, 0.2) is 0 Å². The minimum Gasteiger partial charge on any atom is -0.480 e. The van der Waals surface area contributed by atoms with Gasteiger partial charge in [-0.15, -0.1) is 0 Å². The second-order valence-electron chi connectivity index (χ2n) is 7.76. The van der Waals surface area contributed by atoms with Crippen molar-refractivity contribution >= 4 is 11.9 Å². The number of rotatable bonds is 2. The lowest BCUT2D eigenvalue weighted by Crippen LogP contribution is -2.42. The van der Waals surface area contributed by atoms with Crippen LogP contribution in [-0.4, -0.2) is 76.2 Å². The highest BCUT2D eigenvalue weighted by Gasteiger charge is 2.49. The number of aromatic amines is 1. The molecular weight excluding hydrogens is 322 g/mol. The fourth-order valence-electron chi connectivity index (χ4n) is 4.55. The number of H-pyrrole nitrogens is 1. The van der Waals surface area contributed by atoms with E-state index in [1.807, 2.05) is 7.05 Å². The van der Waals surface area contributed by atoms with Crippen molar-refractivity contribution in [1.29, 1.82) is 0 Å². The van der Waals surface area contributed by atoms with Crippen molar-refractivity contribution in [2.75, 3.05) is 33.2 Å². The minimum absolute atomic E-state index is 0.0723. The van der Waals surface area contributed by atoms with E-state index in [9.17, 15) is 14.7 Å². The number of carboxylic acids is 1. The Labute approximate surface area is 146 Å². The smallest absolute Gasteiger partial charge is 0.326 e. The largest absolute Gasteiger partial charge is 0.480 e. The molecule has 3 N–H and O–H groups in total. The van der Waals surface area contributed by atoms with E-state index in [1.165, 1.54) is 0 Å². The molecule has 4 rings (SSSR count). The summed E-state index contributed by atoms with van der Waals surface area (Å²) >= 11 is 0. The number of carbonyl (C=O) groups excluding carboxylic acids is 1. The zero-order chi connectivity index (χ0) is 17.6. The molecule has 2 fully saturated rings. The molecule has 0 bridgehead atoms. The Morgan fingerprint density at radius 3 is 2.80 bits per heavy atom. The summed E-state index contributed by atoms with van der Waals surface area (Å²) in [5, 5.41) is 20.2. The summed E-state index contributed by atoms with van der Waals surface area (Å²) in [6, 6.07) is -0.751. The number of likely N-dealkylation sites (tertiary alicyclic amines) is 1. The van der Waals surface area contributed by atoms with Gasteiger partial charge in [-0.25, -0.2) is 4.79 Å². The maximum Gasteiger partial charge on any atom is 0.326 e. The molecule has 3 aliphatic rings. The first-order valence-corrected chi connectivity index (χ1v) is 8.98. The number of hydrogen-bond donors (Lipinski definition) is 3. The van der Waals surface area contributed by atoms with Crippen molar-refractivity contribution in [1.82, 2.24) is 25.3 Å². The number of likely N-dealkylation sites (N-methyl/N-ethyl adjacent to an activating group) is 1. The molecule has 0 saturated carbocycles. The fraction of sp³-hybridized carbons (Fsp3) is 0.706. The van der Waals surface area contributed by atoms with Crippen LogP contribution in [0.3, 0.4) is 0 Å². The van der Waals surface area contributed by atoms with Gasteiger partial charge in [-0.05, 0) is 44.8 Å². The van der Waals surface area contributed by atoms with E-state index in [0.29, 0.717) is 25.2 Å². The molecule has 0 aliphatic carbocycles. The average Bonchev–Trinajstić information content (AvgIpc) is 3.17. The van der Waals surface area contributed by atoms with Crippen LogP contribution in [-0.2, 0) is 17.8 Å². The summed E-state index contributed by atoms with van der Waals surface area (Å²) in [4.78, 5) is 28.7. The second-order valence-corrected chi connectivity index (χ2v) is 7.76. The number of carbonyl (C=O) groups is 2. The zero-order valence-corrected chi connectivity index (χ0v) is 14.5. The summed E-state index contributed by atoms with van der Waals surface area (Å²) in [6.07, 6.45) is 3.22. The zero-order valence-electron chi connectivity index (χ0n) is 14.5. The van der Waals surface area contributed by atoms with Gasteiger partial charge in [-0.1, -0.05) is 0 Å². The van der Waals surface area contributed by atoms with E-state index in [-0.39, 0.29) is 11.3 Å². The molecule has 3 aliphatic heterocycles. The number of nitrogens with one attached hydrogen (secondary N) is 2. The van der Waals surface area contributed by atoms with E-state index >= 15 is 0 Å². The lowest BCUT2D eigenvalue weighted by molar-refractivity contribution is -0.141. The molecule has 8 heteroatoms. The van der Waals surface area contributed by atoms with E-state index < -0.39 is 12.0 Å². The van der Waals surface area contributed by atoms with Crippen molar-refractivity contribution in [2.24, 2.45) is 5.41 Å². The summed E-state index contributed by atoms with van der Waals surface area (Å²) in [6.45, 7) is 3.89. The number of hydrogen-bond acceptors (Lipinski definition) is 5. The fourth-order valence-corrected chi connectivity index (χ4v) is 4.55. The predicted octanol–water partition coefficient (Wildman–Crippen LogP) is 0.0665. The Balaban J connectivity index is 1.62. The van der Waals surface area contributed by atoms with Gasteiger partial charge in [0.2, 0.25) is 0 Å². The molecular formula is C17H25N5O3. The molecule has 2 saturated heterocycles. The molecule has 1 amide bonds. The third kappa shape index (κ3) is 2.83. The highest BCUT2D eigenvalue weighted by molar-refractivity contribution is 5.97. The van der Waals surface area contributed by atoms with Gasteiger partial charge >= 0.3 is 5.97 Å². The van der Waals surface area contributed by atoms with Crippen LogP contribution in [0, 0.1) is 5.41 Å². The van der Waals surface area contributed by atoms with Gasteiger partial charge in [0.1, 0.15) is 6.04 Å². The number of aromatic nitrogens is 2. The Hall–Kier alpha value is -1.93. The lowest BCUT2D eigenvalue weighted by atomic mass is 9.77. The molecule has 1 spiro atoms. The molecule has 0 radical (unpaired) electrons. The lowest BCUT2D eigenvalue weighted by Gasteiger charge is -2.33. The van der Waals surface area contributed by atoms with Gasteiger partial charge in [0.25, 0.3) is 5.91 Å². The molecule has 8 nitrogen and oxygen atoms in total. The van der Waals surface area contributed by atoms with Gasteiger partial charge in [-0.2, -0.15) is 5.10 Å². The predicted molar refractivity (Wildman–Crippen MR) is 90.2 cm³/mol. The molecule has 1 atom stereocenters. The first kappa shape index (κ1) is 16.5. The van der Waals surface area contributed by atoms with Gasteiger partial charge in [0, 0.05) is 37.3 Å². The number of nitrogens with zero attached hydrogens (tertiary/aromatic N) is 3. The molecule has 0 unspecified atom stereocenters. The van der Waals surface area contributed by atoms with Crippen molar-refractivity contribution in [3.8, 4) is 0 Å². The van der Waals surface area contributed by atoms with Gasteiger partial charge in [-0.3, -0.25) is 9.89 Å². The number of carboxylic acid groups (broad SMARTS) is 1. The molecule has 1 aromatic heterocycles. The summed E-state index contributed by atoms with van der Waals surface area (Å²) in [7, 11) is 2.02. The minimum atomic E-state index is -0.912. The van der Waals surface area contributed by atoms with Crippen molar-refractivity contribution in [3.63, 3.8) is 0 Å². The Bertz CT molecular complexity index is 694. The van der Waals surface area contributed by atoms with E-state index in [1.54, 1.807) is 4.90 Å². The maximum absolute atomic E-state index is 13.2. The number of piperidine rings is 1. The molecule has 136 valence electrons. The number of amides is 1. The summed E-state index contributed by atoms with van der Waals surface area (Å²) in [5.41, 5.74) is 2.26. The van der Waals surface area contributed by atoms with Crippen molar-refractivity contribution in [3.05, 3.63) is 17.0 Å². The summed E-state index contributed by atoms with van der Waals surface area (Å²) < 4.78 is 0. The average molecular weight is 347 g/mol. The van der Waals surface area contributed by atoms with Crippen molar-refractivity contribution in [2.45, 2.75) is 38.3 Å². The third-order valence-electron chi connectivity index (χ3n) is 6.05. The molecule has 1 aromatic rings. The second kappa shape index (κ2) is 6.10. The quantitative estimate of drug-likeness (QED) is 0.700. The Morgan fingerprint density at radius 1 is 1.32 bits per heavy atom. The highest BCUT2D eigenvalue weighted by Crippen LogP contribution is 2.42. The van der Waals surface area contributed by atoms with Crippen molar-refractivity contribution < 1.29 is 14.7 Å². The standard InChI is InChI=1S/C17H25N5O3/c1-21-7-2-12-11(9-21)14(20-19-12)15(23)22-10-17(3-5-18-6-4-17)8-13(22)16(24)25/h13,18H,2-10H2,1H3,(H,19,20)(H,24,25)/t13-/m0/s1. The van der Waals surface area contributed by atoms with Crippen LogP contribution >= 0.6 is 0 Å². The first-order chi connectivity index (χ1) is 12.0. The molecule has 25 heavy (non-hydrogen) atoms. The third-order valence-corrected chi connectivity index (χ3v) is 6.05. The van der Waals surface area contributed by atoms with E-state index in [2.05, 4.69) is 20.4 Å². The Kier molecular flexibility index (Phi) is 4.04. The number of aliphatic carboxylic acids is 1. The molecule has 4 heterocycles. The normalized spacial score (nSPS) is 26.0. The highest BCUT2D eigenvalue weighted by atomic mass is 16.4. The number of fused-ring (bicyclic) bond motifs is 1. The topological polar surface area (TPSA) is 102 Å². The van der Waals surface area contributed by atoms with Crippen LogP contribution in [0.1, 0.15) is 41.0 Å². The van der Waals surface area contributed by atoms with Gasteiger partial charge in [0.15, 0.2) is 5.69 Å². The van der Waals surface area contributed by atoms with Crippen LogP contribution < -0.4 is 5.32 Å². The monoisotopic (exact) mass is 347 g/mol. The molecule has 0 aromatic carbocycles. The van der Waals surface area contributed by atoms with E-state index in [0.717, 1.165) is 50.2 Å².